The first-order valence-electron chi connectivity index (χ1n) is 5.96. The Bertz CT molecular complexity index is 631. The van der Waals surface area contributed by atoms with E-state index in [-0.39, 0.29) is 6.61 Å². The molecule has 0 radical (unpaired) electrons. The molecule has 0 saturated heterocycles. The standard InChI is InChI=1S/C15H13NO3/c1-2-18-15(17)19-14(10-16)13-8-7-11-5-3-4-6-12(11)9-13/h3-9,14H,2H2,1H3/t14-/m1/s1. The van der Waals surface area contributed by atoms with Gasteiger partial charge in [-0.1, -0.05) is 36.4 Å². The average Bonchev–Trinajstić information content (AvgIpc) is 2.44. The largest absolute Gasteiger partial charge is 0.509 e. The van der Waals surface area contributed by atoms with Crippen LogP contribution in [0.3, 0.4) is 0 Å². The second-order valence-electron chi connectivity index (χ2n) is 3.92. The first-order chi connectivity index (χ1) is 9.24. The van der Waals surface area contributed by atoms with Crippen LogP contribution in [0.5, 0.6) is 0 Å². The molecule has 0 aromatic heterocycles. The number of rotatable bonds is 3. The molecule has 1 atom stereocenters. The summed E-state index contributed by atoms with van der Waals surface area (Å²) in [6.45, 7) is 1.90. The number of nitrogens with zero attached hydrogens (tertiary/aromatic N) is 1. The summed E-state index contributed by atoms with van der Waals surface area (Å²) in [5, 5.41) is 11.1. The van der Waals surface area contributed by atoms with Crippen molar-refractivity contribution in [1.82, 2.24) is 0 Å². The summed E-state index contributed by atoms with van der Waals surface area (Å²) in [7, 11) is 0. The van der Waals surface area contributed by atoms with Gasteiger partial charge in [0.1, 0.15) is 6.07 Å². The number of fused-ring (bicyclic) bond motifs is 1. The lowest BCUT2D eigenvalue weighted by Gasteiger charge is -2.11. The van der Waals surface area contributed by atoms with E-state index >= 15 is 0 Å². The first kappa shape index (κ1) is 12.9. The normalized spacial score (nSPS) is 11.6. The zero-order valence-electron chi connectivity index (χ0n) is 10.5. The molecule has 4 nitrogen and oxygen atoms in total. The van der Waals surface area contributed by atoms with Crippen LogP contribution in [0.4, 0.5) is 4.79 Å². The number of ether oxygens (including phenoxy) is 2. The number of benzene rings is 2. The highest BCUT2D eigenvalue weighted by Crippen LogP contribution is 2.22. The molecule has 19 heavy (non-hydrogen) atoms. The molecule has 2 rings (SSSR count). The zero-order valence-corrected chi connectivity index (χ0v) is 10.5. The van der Waals surface area contributed by atoms with Crippen molar-refractivity contribution in [2.45, 2.75) is 13.0 Å². The zero-order chi connectivity index (χ0) is 13.7. The van der Waals surface area contributed by atoms with Crippen molar-refractivity contribution in [1.29, 1.82) is 5.26 Å². The van der Waals surface area contributed by atoms with Crippen molar-refractivity contribution in [2.24, 2.45) is 0 Å². The quantitative estimate of drug-likeness (QED) is 0.786. The number of carbonyl (C=O) groups excluding carboxylic acids is 1. The maximum atomic E-state index is 11.3. The van der Waals surface area contributed by atoms with Crippen molar-refractivity contribution in [3.63, 3.8) is 0 Å². The lowest BCUT2D eigenvalue weighted by Crippen LogP contribution is -2.11. The van der Waals surface area contributed by atoms with Gasteiger partial charge in [-0.25, -0.2) is 4.79 Å². The SMILES string of the molecule is CCOC(=O)O[C@H](C#N)c1ccc2ccccc2c1. The number of hydrogen-bond donors (Lipinski definition) is 0. The second kappa shape index (κ2) is 5.87. The minimum atomic E-state index is -0.955. The highest BCUT2D eigenvalue weighted by molar-refractivity contribution is 5.83. The van der Waals surface area contributed by atoms with Crippen molar-refractivity contribution in [3.05, 3.63) is 48.0 Å². The number of hydrogen-bond acceptors (Lipinski definition) is 4. The van der Waals surface area contributed by atoms with Crippen LogP contribution in [-0.4, -0.2) is 12.8 Å². The lowest BCUT2D eigenvalue weighted by molar-refractivity contribution is 0.0421. The molecule has 2 aromatic rings. The Balaban J connectivity index is 2.26. The number of carbonyl (C=O) groups is 1. The summed E-state index contributed by atoms with van der Waals surface area (Å²) in [5.74, 6) is 0. The maximum absolute atomic E-state index is 11.3. The van der Waals surface area contributed by atoms with Gasteiger partial charge < -0.3 is 9.47 Å². The lowest BCUT2D eigenvalue weighted by atomic mass is 10.0. The molecule has 0 fully saturated rings. The Morgan fingerprint density at radius 1 is 1.26 bits per heavy atom. The van der Waals surface area contributed by atoms with Crippen LogP contribution >= 0.6 is 0 Å². The molecule has 0 unspecified atom stereocenters. The third-order valence-corrected chi connectivity index (χ3v) is 2.67. The predicted octanol–water partition coefficient (Wildman–Crippen LogP) is 3.58. The molecule has 0 aliphatic rings. The first-order valence-corrected chi connectivity index (χ1v) is 5.96. The fourth-order valence-corrected chi connectivity index (χ4v) is 1.79. The molecule has 4 heteroatoms. The van der Waals surface area contributed by atoms with Crippen molar-refractivity contribution < 1.29 is 14.3 Å². The maximum Gasteiger partial charge on any atom is 0.509 e. The molecule has 0 spiro atoms. The van der Waals surface area contributed by atoms with Gasteiger partial charge in [-0.05, 0) is 23.8 Å². The summed E-state index contributed by atoms with van der Waals surface area (Å²) in [4.78, 5) is 11.3. The Hall–Kier alpha value is -2.54. The topological polar surface area (TPSA) is 59.3 Å². The molecule has 0 saturated carbocycles. The molecule has 0 N–H and O–H groups in total. The Kier molecular flexibility index (Phi) is 3.99. The van der Waals surface area contributed by atoms with Crippen molar-refractivity contribution in [3.8, 4) is 6.07 Å². The van der Waals surface area contributed by atoms with E-state index < -0.39 is 12.3 Å². The fraction of sp³-hybridized carbons (Fsp3) is 0.200. The van der Waals surface area contributed by atoms with Crippen LogP contribution in [-0.2, 0) is 9.47 Å². The molecule has 0 bridgehead atoms. The molecule has 0 aliphatic heterocycles. The third kappa shape index (κ3) is 3.02. The minimum Gasteiger partial charge on any atom is -0.435 e. The van der Waals surface area contributed by atoms with Crippen molar-refractivity contribution >= 4 is 16.9 Å². The van der Waals surface area contributed by atoms with Crippen LogP contribution in [0.15, 0.2) is 42.5 Å². The Labute approximate surface area is 111 Å². The Morgan fingerprint density at radius 3 is 2.68 bits per heavy atom. The van der Waals surface area contributed by atoms with E-state index in [4.69, 9.17) is 10.00 Å². The van der Waals surface area contributed by atoms with E-state index in [0.29, 0.717) is 5.56 Å². The van der Waals surface area contributed by atoms with Gasteiger partial charge in [0, 0.05) is 5.56 Å². The van der Waals surface area contributed by atoms with Crippen LogP contribution < -0.4 is 0 Å². The van der Waals surface area contributed by atoms with Gasteiger partial charge >= 0.3 is 6.16 Å². The van der Waals surface area contributed by atoms with Crippen LogP contribution in [0.25, 0.3) is 10.8 Å². The second-order valence-corrected chi connectivity index (χ2v) is 3.92. The van der Waals surface area contributed by atoms with Gasteiger partial charge in [-0.3, -0.25) is 0 Å². The summed E-state index contributed by atoms with van der Waals surface area (Å²) in [6.07, 6.45) is -1.79. The van der Waals surface area contributed by atoms with E-state index in [1.807, 2.05) is 42.5 Å². The highest BCUT2D eigenvalue weighted by Gasteiger charge is 2.17. The minimum absolute atomic E-state index is 0.217. The summed E-state index contributed by atoms with van der Waals surface area (Å²) >= 11 is 0. The van der Waals surface area contributed by atoms with E-state index in [0.717, 1.165) is 10.8 Å². The van der Waals surface area contributed by atoms with Crippen molar-refractivity contribution in [2.75, 3.05) is 6.61 Å². The molecular weight excluding hydrogens is 242 g/mol. The summed E-state index contributed by atoms with van der Waals surface area (Å²) in [6, 6.07) is 15.2. The summed E-state index contributed by atoms with van der Waals surface area (Å²) < 4.78 is 9.62. The van der Waals surface area contributed by atoms with Gasteiger partial charge in [-0.2, -0.15) is 5.26 Å². The predicted molar refractivity (Wildman–Crippen MR) is 70.4 cm³/mol. The van der Waals surface area contributed by atoms with Gasteiger partial charge in [-0.15, -0.1) is 0 Å². The van der Waals surface area contributed by atoms with Crippen LogP contribution in [0.2, 0.25) is 0 Å². The Morgan fingerprint density at radius 2 is 2.00 bits per heavy atom. The monoisotopic (exact) mass is 255 g/mol. The van der Waals surface area contributed by atoms with Crippen LogP contribution in [0.1, 0.15) is 18.6 Å². The molecule has 2 aromatic carbocycles. The third-order valence-electron chi connectivity index (χ3n) is 2.67. The summed E-state index contributed by atoms with van der Waals surface area (Å²) in [5.41, 5.74) is 0.634. The average molecular weight is 255 g/mol. The molecule has 0 heterocycles. The van der Waals surface area contributed by atoms with Crippen LogP contribution in [0, 0.1) is 11.3 Å². The molecule has 0 amide bonds. The smallest absolute Gasteiger partial charge is 0.435 e. The molecular formula is C15H13NO3. The number of nitriles is 1. The van der Waals surface area contributed by atoms with E-state index in [1.54, 1.807) is 13.0 Å². The van der Waals surface area contributed by atoms with Gasteiger partial charge in [0.15, 0.2) is 0 Å². The van der Waals surface area contributed by atoms with Gasteiger partial charge in [0.2, 0.25) is 6.10 Å². The van der Waals surface area contributed by atoms with E-state index in [2.05, 4.69) is 4.74 Å². The van der Waals surface area contributed by atoms with E-state index in [9.17, 15) is 4.79 Å². The van der Waals surface area contributed by atoms with E-state index in [1.165, 1.54) is 0 Å². The fourth-order valence-electron chi connectivity index (χ4n) is 1.79. The molecule has 0 aliphatic carbocycles. The molecule has 96 valence electrons. The van der Waals surface area contributed by atoms with Gasteiger partial charge in [0.25, 0.3) is 0 Å². The van der Waals surface area contributed by atoms with Gasteiger partial charge in [0.05, 0.1) is 6.61 Å². The highest BCUT2D eigenvalue weighted by atomic mass is 16.7.